The van der Waals surface area contributed by atoms with Gasteiger partial charge in [-0.05, 0) is 25.0 Å². The van der Waals surface area contributed by atoms with Crippen LogP contribution in [0.3, 0.4) is 0 Å². The molecule has 8 heteroatoms. The van der Waals surface area contributed by atoms with E-state index in [1.165, 1.54) is 29.9 Å². The fourth-order valence-electron chi connectivity index (χ4n) is 2.41. The zero-order valence-corrected chi connectivity index (χ0v) is 15.0. The van der Waals surface area contributed by atoms with Gasteiger partial charge in [-0.1, -0.05) is 36.0 Å². The van der Waals surface area contributed by atoms with Gasteiger partial charge >= 0.3 is 5.69 Å². The molecule has 2 aromatic heterocycles. The molecule has 2 heterocycles. The van der Waals surface area contributed by atoms with E-state index in [4.69, 9.17) is 4.42 Å². The first-order chi connectivity index (χ1) is 12.0. The fraction of sp³-hybridized carbons (Fsp3) is 0.294. The normalized spacial score (nSPS) is 11.0. The van der Waals surface area contributed by atoms with Crippen LogP contribution in [0.2, 0.25) is 0 Å². The third kappa shape index (κ3) is 3.74. The molecular formula is C17H18N4O3S. The molecule has 1 aromatic carbocycles. The molecule has 0 aliphatic rings. The molecule has 0 fully saturated rings. The van der Waals surface area contributed by atoms with Crippen LogP contribution in [0.4, 0.5) is 0 Å². The summed E-state index contributed by atoms with van der Waals surface area (Å²) in [5.74, 6) is 1.08. The van der Waals surface area contributed by atoms with E-state index in [0.29, 0.717) is 22.4 Å². The summed E-state index contributed by atoms with van der Waals surface area (Å²) in [6, 6.07) is 8.12. The van der Waals surface area contributed by atoms with Crippen molar-refractivity contribution in [3.8, 4) is 0 Å². The number of hydrogen-bond acceptors (Lipinski definition) is 6. The molecule has 25 heavy (non-hydrogen) atoms. The van der Waals surface area contributed by atoms with Gasteiger partial charge in [0.1, 0.15) is 0 Å². The van der Waals surface area contributed by atoms with Crippen molar-refractivity contribution in [2.75, 3.05) is 0 Å². The minimum Gasteiger partial charge on any atom is -0.416 e. The third-order valence-electron chi connectivity index (χ3n) is 4.00. The Balaban J connectivity index is 1.75. The quantitative estimate of drug-likeness (QED) is 0.701. The molecule has 0 saturated carbocycles. The van der Waals surface area contributed by atoms with E-state index in [-0.39, 0.29) is 12.0 Å². The van der Waals surface area contributed by atoms with Crippen molar-refractivity contribution in [3.63, 3.8) is 0 Å². The van der Waals surface area contributed by atoms with Crippen molar-refractivity contribution in [1.29, 1.82) is 0 Å². The van der Waals surface area contributed by atoms with Crippen LogP contribution in [-0.4, -0.2) is 19.7 Å². The summed E-state index contributed by atoms with van der Waals surface area (Å²) in [6.45, 7) is 3.74. The van der Waals surface area contributed by atoms with Gasteiger partial charge in [-0.2, -0.15) is 0 Å². The van der Waals surface area contributed by atoms with Crippen LogP contribution in [0.25, 0.3) is 0 Å². The Bertz CT molecular complexity index is 1020. The number of nitrogens with one attached hydrogen (secondary N) is 1. The number of rotatable bonds is 5. The standard InChI is InChI=1S/C17H18N4O3S/c1-10-6-4-5-7-12(10)9-25-17-20-19-14(24-17)8-13-11(2)18-16(23)21(3)15(13)22/h4-7H,8-9H2,1-3H3,(H,18,23). The second kappa shape index (κ2) is 7.10. The van der Waals surface area contributed by atoms with Gasteiger partial charge in [0.25, 0.3) is 10.8 Å². The molecule has 0 saturated heterocycles. The summed E-state index contributed by atoms with van der Waals surface area (Å²) in [4.78, 5) is 26.4. The first kappa shape index (κ1) is 17.2. The smallest absolute Gasteiger partial charge is 0.328 e. The molecule has 130 valence electrons. The molecule has 0 aliphatic heterocycles. The van der Waals surface area contributed by atoms with Crippen molar-refractivity contribution < 1.29 is 4.42 Å². The molecule has 0 atom stereocenters. The minimum absolute atomic E-state index is 0.188. The van der Waals surface area contributed by atoms with Gasteiger partial charge < -0.3 is 9.40 Å². The molecule has 7 nitrogen and oxygen atoms in total. The van der Waals surface area contributed by atoms with Gasteiger partial charge in [-0.15, -0.1) is 10.2 Å². The highest BCUT2D eigenvalue weighted by Gasteiger charge is 2.14. The first-order valence-corrected chi connectivity index (χ1v) is 8.72. The van der Waals surface area contributed by atoms with Gasteiger partial charge in [-0.3, -0.25) is 9.36 Å². The van der Waals surface area contributed by atoms with Gasteiger partial charge in [0.05, 0.1) is 6.42 Å². The molecule has 0 amide bonds. The number of aromatic nitrogens is 4. The van der Waals surface area contributed by atoms with Crippen LogP contribution >= 0.6 is 11.8 Å². The SMILES string of the molecule is Cc1ccccc1CSc1nnc(Cc2c(C)[nH]c(=O)n(C)c2=O)o1. The lowest BCUT2D eigenvalue weighted by Crippen LogP contribution is -2.36. The maximum atomic E-state index is 12.2. The Labute approximate surface area is 148 Å². The Kier molecular flexibility index (Phi) is 4.89. The van der Waals surface area contributed by atoms with E-state index >= 15 is 0 Å². The topological polar surface area (TPSA) is 93.8 Å². The van der Waals surface area contributed by atoms with Crippen LogP contribution in [0.1, 0.15) is 28.3 Å². The second-order valence-corrected chi connectivity index (χ2v) is 6.68. The molecule has 3 aromatic rings. The van der Waals surface area contributed by atoms with Crippen LogP contribution in [0, 0.1) is 13.8 Å². The van der Waals surface area contributed by atoms with E-state index in [9.17, 15) is 9.59 Å². The monoisotopic (exact) mass is 358 g/mol. The van der Waals surface area contributed by atoms with Crippen molar-refractivity contribution in [1.82, 2.24) is 19.7 Å². The summed E-state index contributed by atoms with van der Waals surface area (Å²) in [7, 11) is 1.43. The third-order valence-corrected chi connectivity index (χ3v) is 4.87. The zero-order valence-electron chi connectivity index (χ0n) is 14.2. The number of aromatic amines is 1. The van der Waals surface area contributed by atoms with Crippen LogP contribution in [0.5, 0.6) is 0 Å². The van der Waals surface area contributed by atoms with Gasteiger partial charge in [0.15, 0.2) is 0 Å². The number of aryl methyl sites for hydroxylation is 2. The van der Waals surface area contributed by atoms with Gasteiger partial charge in [-0.25, -0.2) is 4.79 Å². The fourth-order valence-corrected chi connectivity index (χ4v) is 3.27. The van der Waals surface area contributed by atoms with Crippen molar-refractivity contribution in [2.45, 2.75) is 31.2 Å². The molecule has 0 spiro atoms. The minimum atomic E-state index is -0.439. The Morgan fingerprint density at radius 3 is 2.72 bits per heavy atom. The van der Waals surface area contributed by atoms with Crippen LogP contribution in [-0.2, 0) is 19.2 Å². The van der Waals surface area contributed by atoms with Crippen molar-refractivity contribution in [2.24, 2.45) is 7.05 Å². The van der Waals surface area contributed by atoms with Crippen LogP contribution in [0.15, 0.2) is 43.5 Å². The number of nitrogens with zero attached hydrogens (tertiary/aromatic N) is 3. The summed E-state index contributed by atoms with van der Waals surface area (Å²) < 4.78 is 6.66. The van der Waals surface area contributed by atoms with E-state index < -0.39 is 5.69 Å². The van der Waals surface area contributed by atoms with Crippen molar-refractivity contribution in [3.05, 3.63) is 73.4 Å². The number of thioether (sulfide) groups is 1. The molecular weight excluding hydrogens is 340 g/mol. The average Bonchev–Trinajstić information content (AvgIpc) is 3.04. The lowest BCUT2D eigenvalue weighted by Gasteiger charge is -2.04. The highest BCUT2D eigenvalue weighted by atomic mass is 32.2. The molecule has 1 N–H and O–H groups in total. The lowest BCUT2D eigenvalue weighted by molar-refractivity contribution is 0.419. The highest BCUT2D eigenvalue weighted by Crippen LogP contribution is 2.23. The van der Waals surface area contributed by atoms with E-state index in [1.54, 1.807) is 6.92 Å². The zero-order chi connectivity index (χ0) is 18.0. The van der Waals surface area contributed by atoms with E-state index in [2.05, 4.69) is 34.2 Å². The summed E-state index contributed by atoms with van der Waals surface area (Å²) in [5, 5.41) is 8.48. The predicted molar refractivity (Wildman–Crippen MR) is 94.9 cm³/mol. The number of H-pyrrole nitrogens is 1. The summed E-state index contributed by atoms with van der Waals surface area (Å²) >= 11 is 1.45. The Morgan fingerprint density at radius 1 is 1.20 bits per heavy atom. The molecule has 0 aliphatic carbocycles. The van der Waals surface area contributed by atoms with Gasteiger partial charge in [0.2, 0.25) is 5.89 Å². The van der Waals surface area contributed by atoms with Gasteiger partial charge in [0, 0.05) is 24.1 Å². The highest BCUT2D eigenvalue weighted by molar-refractivity contribution is 7.98. The maximum Gasteiger partial charge on any atom is 0.328 e. The molecule has 0 radical (unpaired) electrons. The predicted octanol–water partition coefficient (Wildman–Crippen LogP) is 1.96. The maximum absolute atomic E-state index is 12.2. The second-order valence-electron chi connectivity index (χ2n) is 5.75. The number of benzene rings is 1. The van der Waals surface area contributed by atoms with E-state index in [1.807, 2.05) is 12.1 Å². The summed E-state index contributed by atoms with van der Waals surface area (Å²) in [6.07, 6.45) is 0.188. The lowest BCUT2D eigenvalue weighted by atomic mass is 10.1. The Morgan fingerprint density at radius 2 is 1.96 bits per heavy atom. The molecule has 3 rings (SSSR count). The molecule has 0 bridgehead atoms. The Hall–Kier alpha value is -2.61. The first-order valence-electron chi connectivity index (χ1n) is 7.74. The summed E-state index contributed by atoms with van der Waals surface area (Å²) in [5.41, 5.74) is 2.58. The largest absolute Gasteiger partial charge is 0.416 e. The molecule has 0 unspecified atom stereocenters. The number of hydrogen-bond donors (Lipinski definition) is 1. The van der Waals surface area contributed by atoms with E-state index in [0.717, 1.165) is 10.3 Å². The average molecular weight is 358 g/mol. The van der Waals surface area contributed by atoms with Crippen molar-refractivity contribution >= 4 is 11.8 Å². The van der Waals surface area contributed by atoms with Crippen LogP contribution < -0.4 is 11.2 Å².